The molecule has 1 rings (SSSR count). The molecule has 0 aliphatic carbocycles. The first-order chi connectivity index (χ1) is 6.22. The van der Waals surface area contributed by atoms with E-state index in [-0.39, 0.29) is 0 Å². The van der Waals surface area contributed by atoms with Gasteiger partial charge in [0.15, 0.2) is 0 Å². The molecule has 2 nitrogen and oxygen atoms in total. The Kier molecular flexibility index (Phi) is 4.22. The smallest absolute Gasteiger partial charge is 0.0813 e. The molecule has 0 aromatic heterocycles. The first-order valence-electron chi connectivity index (χ1n) is 4.14. The second-order valence-corrected chi connectivity index (χ2v) is 3.38. The van der Waals surface area contributed by atoms with Crippen LogP contribution < -0.4 is 0 Å². The Morgan fingerprint density at radius 2 is 2.31 bits per heavy atom. The molecule has 0 radical (unpaired) electrons. The summed E-state index contributed by atoms with van der Waals surface area (Å²) in [5, 5.41) is 10.1. The van der Waals surface area contributed by atoms with Crippen molar-refractivity contribution in [3.05, 3.63) is 34.9 Å². The van der Waals surface area contributed by atoms with Gasteiger partial charge in [-0.25, -0.2) is 0 Å². The maximum absolute atomic E-state index is 9.43. The number of rotatable bonds is 4. The zero-order valence-corrected chi connectivity index (χ0v) is 8.29. The van der Waals surface area contributed by atoms with E-state index in [1.807, 2.05) is 24.3 Å². The maximum Gasteiger partial charge on any atom is 0.0813 e. The summed E-state index contributed by atoms with van der Waals surface area (Å²) >= 11 is 5.79. The predicted octanol–water partition coefficient (Wildman–Crippen LogP) is 1.89. The lowest BCUT2D eigenvalue weighted by molar-refractivity contribution is 0.0650. The van der Waals surface area contributed by atoms with E-state index in [4.69, 9.17) is 16.3 Å². The van der Waals surface area contributed by atoms with Crippen LogP contribution in [-0.2, 0) is 11.2 Å². The van der Waals surface area contributed by atoms with Crippen molar-refractivity contribution >= 4 is 11.6 Å². The molecule has 0 saturated heterocycles. The fourth-order valence-electron chi connectivity index (χ4n) is 1.19. The van der Waals surface area contributed by atoms with Gasteiger partial charge in [0.2, 0.25) is 0 Å². The molecule has 1 N–H and O–H groups in total. The standard InChI is InChI=1S/C10H13ClO2/c1-13-7-10(12)6-8-3-2-4-9(11)5-8/h2-5,10,12H,6-7H2,1H3. The highest BCUT2D eigenvalue weighted by molar-refractivity contribution is 6.30. The van der Waals surface area contributed by atoms with Gasteiger partial charge in [-0.1, -0.05) is 23.7 Å². The van der Waals surface area contributed by atoms with E-state index in [0.29, 0.717) is 18.1 Å². The van der Waals surface area contributed by atoms with Gasteiger partial charge < -0.3 is 9.84 Å². The molecular weight excluding hydrogens is 188 g/mol. The van der Waals surface area contributed by atoms with Crippen LogP contribution in [-0.4, -0.2) is 24.9 Å². The third-order valence-electron chi connectivity index (χ3n) is 1.72. The average Bonchev–Trinajstić information content (AvgIpc) is 2.04. The zero-order valence-electron chi connectivity index (χ0n) is 7.53. The third kappa shape index (κ3) is 3.77. The van der Waals surface area contributed by atoms with Gasteiger partial charge in [0, 0.05) is 18.6 Å². The molecule has 13 heavy (non-hydrogen) atoms. The number of ether oxygens (including phenoxy) is 1. The normalized spacial score (nSPS) is 12.8. The minimum Gasteiger partial charge on any atom is -0.390 e. The largest absolute Gasteiger partial charge is 0.390 e. The van der Waals surface area contributed by atoms with Gasteiger partial charge in [-0.05, 0) is 17.7 Å². The second kappa shape index (κ2) is 5.22. The Morgan fingerprint density at radius 1 is 1.54 bits per heavy atom. The number of aliphatic hydroxyl groups excluding tert-OH is 1. The third-order valence-corrected chi connectivity index (χ3v) is 1.95. The van der Waals surface area contributed by atoms with E-state index < -0.39 is 6.10 Å². The van der Waals surface area contributed by atoms with Crippen molar-refractivity contribution in [2.75, 3.05) is 13.7 Å². The molecule has 1 atom stereocenters. The van der Waals surface area contributed by atoms with Gasteiger partial charge in [-0.2, -0.15) is 0 Å². The van der Waals surface area contributed by atoms with Gasteiger partial charge in [0.05, 0.1) is 12.7 Å². The van der Waals surface area contributed by atoms with Crippen LogP contribution in [0, 0.1) is 0 Å². The topological polar surface area (TPSA) is 29.5 Å². The minimum atomic E-state index is -0.455. The van der Waals surface area contributed by atoms with Crippen LogP contribution in [0.25, 0.3) is 0 Å². The SMILES string of the molecule is COCC(O)Cc1cccc(Cl)c1. The van der Waals surface area contributed by atoms with Crippen LogP contribution in [0.4, 0.5) is 0 Å². The highest BCUT2D eigenvalue weighted by atomic mass is 35.5. The van der Waals surface area contributed by atoms with Crippen LogP contribution in [0.1, 0.15) is 5.56 Å². The molecule has 0 saturated carbocycles. The molecule has 1 unspecified atom stereocenters. The molecule has 1 aromatic rings. The van der Waals surface area contributed by atoms with Crippen molar-refractivity contribution in [3.63, 3.8) is 0 Å². The molecule has 3 heteroatoms. The van der Waals surface area contributed by atoms with Crippen molar-refractivity contribution in [3.8, 4) is 0 Å². The molecule has 72 valence electrons. The summed E-state index contributed by atoms with van der Waals surface area (Å²) < 4.78 is 4.82. The predicted molar refractivity (Wildman–Crippen MR) is 53.0 cm³/mol. The van der Waals surface area contributed by atoms with Crippen molar-refractivity contribution in [1.82, 2.24) is 0 Å². The van der Waals surface area contributed by atoms with Gasteiger partial charge >= 0.3 is 0 Å². The molecule has 0 fully saturated rings. The maximum atomic E-state index is 9.43. The Labute approximate surface area is 83.1 Å². The van der Waals surface area contributed by atoms with Crippen LogP contribution in [0.15, 0.2) is 24.3 Å². The van der Waals surface area contributed by atoms with Crippen LogP contribution in [0.2, 0.25) is 5.02 Å². The van der Waals surface area contributed by atoms with E-state index in [1.54, 1.807) is 7.11 Å². The van der Waals surface area contributed by atoms with Crippen LogP contribution in [0.5, 0.6) is 0 Å². The summed E-state index contributed by atoms with van der Waals surface area (Å²) in [5.41, 5.74) is 1.03. The summed E-state index contributed by atoms with van der Waals surface area (Å²) in [5.74, 6) is 0. The molecule has 0 aliphatic rings. The first-order valence-corrected chi connectivity index (χ1v) is 4.51. The summed E-state index contributed by atoms with van der Waals surface area (Å²) in [6, 6.07) is 7.47. The average molecular weight is 201 g/mol. The summed E-state index contributed by atoms with van der Waals surface area (Å²) in [6.07, 6.45) is 0.123. The number of halogens is 1. The number of aliphatic hydroxyl groups is 1. The van der Waals surface area contributed by atoms with E-state index in [1.165, 1.54) is 0 Å². The summed E-state index contributed by atoms with van der Waals surface area (Å²) in [7, 11) is 1.57. The highest BCUT2D eigenvalue weighted by Crippen LogP contribution is 2.12. The second-order valence-electron chi connectivity index (χ2n) is 2.94. The fourth-order valence-corrected chi connectivity index (χ4v) is 1.40. The van der Waals surface area contributed by atoms with Crippen molar-refractivity contribution in [2.45, 2.75) is 12.5 Å². The summed E-state index contributed by atoms with van der Waals surface area (Å²) in [4.78, 5) is 0. The fraction of sp³-hybridized carbons (Fsp3) is 0.400. The molecular formula is C10H13ClO2. The van der Waals surface area contributed by atoms with E-state index in [0.717, 1.165) is 5.56 Å². The summed E-state index contributed by atoms with van der Waals surface area (Å²) in [6.45, 7) is 0.354. The quantitative estimate of drug-likeness (QED) is 0.805. The monoisotopic (exact) mass is 200 g/mol. The number of methoxy groups -OCH3 is 1. The van der Waals surface area contributed by atoms with Gasteiger partial charge in [0.1, 0.15) is 0 Å². The highest BCUT2D eigenvalue weighted by Gasteiger charge is 2.04. The first kappa shape index (κ1) is 10.5. The Morgan fingerprint density at radius 3 is 2.92 bits per heavy atom. The van der Waals surface area contributed by atoms with E-state index in [9.17, 15) is 5.11 Å². The number of hydrogen-bond acceptors (Lipinski definition) is 2. The van der Waals surface area contributed by atoms with Crippen molar-refractivity contribution in [1.29, 1.82) is 0 Å². The molecule has 0 spiro atoms. The number of hydrogen-bond donors (Lipinski definition) is 1. The number of benzene rings is 1. The van der Waals surface area contributed by atoms with Gasteiger partial charge in [-0.15, -0.1) is 0 Å². The van der Waals surface area contributed by atoms with Gasteiger partial charge in [0.25, 0.3) is 0 Å². The van der Waals surface area contributed by atoms with Crippen LogP contribution in [0.3, 0.4) is 0 Å². The lowest BCUT2D eigenvalue weighted by atomic mass is 10.1. The Hall–Kier alpha value is -0.570. The minimum absolute atomic E-state index is 0.354. The molecule has 1 aromatic carbocycles. The lowest BCUT2D eigenvalue weighted by Crippen LogP contribution is -2.16. The Balaban J connectivity index is 2.53. The van der Waals surface area contributed by atoms with Crippen molar-refractivity contribution in [2.24, 2.45) is 0 Å². The van der Waals surface area contributed by atoms with Gasteiger partial charge in [-0.3, -0.25) is 0 Å². The van der Waals surface area contributed by atoms with Crippen LogP contribution >= 0.6 is 11.6 Å². The molecule has 0 aliphatic heterocycles. The van der Waals surface area contributed by atoms with Crippen molar-refractivity contribution < 1.29 is 9.84 Å². The molecule has 0 bridgehead atoms. The molecule has 0 heterocycles. The molecule has 0 amide bonds. The van der Waals surface area contributed by atoms with E-state index >= 15 is 0 Å². The lowest BCUT2D eigenvalue weighted by Gasteiger charge is -2.08. The Bertz CT molecular complexity index is 263. The zero-order chi connectivity index (χ0) is 9.68. The van der Waals surface area contributed by atoms with E-state index in [2.05, 4.69) is 0 Å².